The molecule has 96 valence electrons. The van der Waals surface area contributed by atoms with Crippen molar-refractivity contribution in [2.45, 2.75) is 25.2 Å². The van der Waals surface area contributed by atoms with Crippen LogP contribution >= 0.6 is 27.3 Å². The van der Waals surface area contributed by atoms with E-state index in [4.69, 9.17) is 5.11 Å². The summed E-state index contributed by atoms with van der Waals surface area (Å²) in [5.74, 6) is -1.95. The van der Waals surface area contributed by atoms with Crippen LogP contribution in [0.15, 0.2) is 15.9 Å². The number of halogens is 4. The second kappa shape index (κ2) is 4.95. The van der Waals surface area contributed by atoms with Crippen molar-refractivity contribution in [1.82, 2.24) is 5.32 Å². The van der Waals surface area contributed by atoms with Gasteiger partial charge in [0.15, 0.2) is 0 Å². The Bertz CT molecular complexity index is 421. The van der Waals surface area contributed by atoms with Crippen LogP contribution in [-0.4, -0.2) is 22.8 Å². The lowest BCUT2D eigenvalue weighted by atomic mass is 10.0. The van der Waals surface area contributed by atoms with E-state index in [1.54, 1.807) is 11.4 Å². The molecule has 0 bridgehead atoms. The maximum absolute atomic E-state index is 12.6. The van der Waals surface area contributed by atoms with Crippen LogP contribution in [0.4, 0.5) is 13.2 Å². The van der Waals surface area contributed by atoms with Crippen molar-refractivity contribution in [3.05, 3.63) is 20.8 Å². The van der Waals surface area contributed by atoms with Gasteiger partial charge >= 0.3 is 12.1 Å². The minimum Gasteiger partial charge on any atom is -0.480 e. The molecule has 0 fully saturated rings. The molecule has 0 saturated carbocycles. The fourth-order valence-corrected chi connectivity index (χ4v) is 2.44. The van der Waals surface area contributed by atoms with Crippen LogP contribution in [0.2, 0.25) is 0 Å². The van der Waals surface area contributed by atoms with E-state index >= 15 is 0 Å². The smallest absolute Gasteiger partial charge is 0.417 e. The third-order valence-electron chi connectivity index (χ3n) is 2.29. The summed E-state index contributed by atoms with van der Waals surface area (Å²) in [7, 11) is 0. The van der Waals surface area contributed by atoms with Crippen LogP contribution in [0.5, 0.6) is 0 Å². The highest BCUT2D eigenvalue weighted by atomic mass is 79.9. The standard InChI is InChI=1S/C9H9BrF3NO2S/c1-8(7(15)16,9(11,12)13)14-4-6-5(10)2-3-17-6/h2-3,14H,4H2,1H3,(H,15,16). The molecule has 0 aliphatic heterocycles. The first-order valence-corrected chi connectivity index (χ1v) is 6.13. The minimum atomic E-state index is -4.86. The van der Waals surface area contributed by atoms with Gasteiger partial charge in [0, 0.05) is 15.9 Å². The first-order chi connectivity index (χ1) is 7.68. The normalized spacial score (nSPS) is 15.6. The van der Waals surface area contributed by atoms with Crippen LogP contribution < -0.4 is 5.32 Å². The Balaban J connectivity index is 2.83. The molecule has 0 amide bonds. The van der Waals surface area contributed by atoms with Gasteiger partial charge in [-0.25, -0.2) is 4.79 Å². The van der Waals surface area contributed by atoms with Crippen LogP contribution in [0, 0.1) is 0 Å². The fourth-order valence-electron chi connectivity index (χ4n) is 1.01. The van der Waals surface area contributed by atoms with Crippen molar-refractivity contribution in [2.75, 3.05) is 0 Å². The number of rotatable bonds is 4. The number of thiophene rings is 1. The molecule has 17 heavy (non-hydrogen) atoms. The zero-order valence-electron chi connectivity index (χ0n) is 8.64. The molecule has 1 heterocycles. The van der Waals surface area contributed by atoms with Gasteiger partial charge in [-0.3, -0.25) is 5.32 Å². The largest absolute Gasteiger partial charge is 0.480 e. The van der Waals surface area contributed by atoms with E-state index in [2.05, 4.69) is 15.9 Å². The summed E-state index contributed by atoms with van der Waals surface area (Å²) >= 11 is 4.41. The summed E-state index contributed by atoms with van der Waals surface area (Å²) in [5, 5.41) is 12.4. The average molecular weight is 332 g/mol. The minimum absolute atomic E-state index is 0.166. The van der Waals surface area contributed by atoms with Crippen LogP contribution in [0.3, 0.4) is 0 Å². The van der Waals surface area contributed by atoms with Crippen molar-refractivity contribution in [3.8, 4) is 0 Å². The number of carbonyl (C=O) groups is 1. The second-order valence-corrected chi connectivity index (χ2v) is 5.33. The Labute approximate surface area is 108 Å². The molecule has 2 N–H and O–H groups in total. The lowest BCUT2D eigenvalue weighted by molar-refractivity contribution is -0.206. The molecule has 1 atom stereocenters. The van der Waals surface area contributed by atoms with Crippen molar-refractivity contribution in [1.29, 1.82) is 0 Å². The van der Waals surface area contributed by atoms with Crippen molar-refractivity contribution < 1.29 is 23.1 Å². The number of carboxylic acid groups (broad SMARTS) is 1. The van der Waals surface area contributed by atoms with Crippen molar-refractivity contribution in [2.24, 2.45) is 0 Å². The molecule has 0 aromatic carbocycles. The first-order valence-electron chi connectivity index (χ1n) is 4.45. The Morgan fingerprint density at radius 3 is 2.53 bits per heavy atom. The molecule has 8 heteroatoms. The van der Waals surface area contributed by atoms with Crippen LogP contribution in [-0.2, 0) is 11.3 Å². The van der Waals surface area contributed by atoms with E-state index in [0.29, 0.717) is 16.3 Å². The predicted octanol–water partition coefficient (Wildman–Crippen LogP) is 3.01. The van der Waals surface area contributed by atoms with Gasteiger partial charge in [0.25, 0.3) is 0 Å². The topological polar surface area (TPSA) is 49.3 Å². The number of aliphatic carboxylic acids is 1. The molecule has 1 unspecified atom stereocenters. The van der Waals surface area contributed by atoms with Gasteiger partial charge in [-0.1, -0.05) is 0 Å². The lowest BCUT2D eigenvalue weighted by Gasteiger charge is -2.28. The zero-order chi connectivity index (χ0) is 13.3. The van der Waals surface area contributed by atoms with E-state index < -0.39 is 17.7 Å². The van der Waals surface area contributed by atoms with Gasteiger partial charge in [0.2, 0.25) is 5.54 Å². The van der Waals surface area contributed by atoms with Crippen molar-refractivity contribution >= 4 is 33.2 Å². The highest BCUT2D eigenvalue weighted by Crippen LogP contribution is 2.31. The maximum Gasteiger partial charge on any atom is 0.417 e. The van der Waals surface area contributed by atoms with Gasteiger partial charge in [0.1, 0.15) is 0 Å². The van der Waals surface area contributed by atoms with Gasteiger partial charge in [0.05, 0.1) is 0 Å². The Morgan fingerprint density at radius 1 is 1.59 bits per heavy atom. The number of hydrogen-bond donors (Lipinski definition) is 2. The zero-order valence-corrected chi connectivity index (χ0v) is 11.0. The molecule has 1 aromatic heterocycles. The van der Waals surface area contributed by atoms with Gasteiger partial charge in [-0.15, -0.1) is 11.3 Å². The van der Waals surface area contributed by atoms with Crippen molar-refractivity contribution in [3.63, 3.8) is 0 Å². The predicted molar refractivity (Wildman–Crippen MR) is 61.0 cm³/mol. The molecule has 3 nitrogen and oxygen atoms in total. The summed E-state index contributed by atoms with van der Waals surface area (Å²) in [4.78, 5) is 11.3. The number of nitrogens with one attached hydrogen (secondary N) is 1. The van der Waals surface area contributed by atoms with Crippen LogP contribution in [0.1, 0.15) is 11.8 Å². The third kappa shape index (κ3) is 2.99. The fraction of sp³-hybridized carbons (Fsp3) is 0.444. The molecule has 0 spiro atoms. The Morgan fingerprint density at radius 2 is 2.18 bits per heavy atom. The first kappa shape index (κ1) is 14.5. The highest BCUT2D eigenvalue weighted by Gasteiger charge is 2.57. The Hall–Kier alpha value is -0.600. The molecule has 1 aromatic rings. The summed E-state index contributed by atoms with van der Waals surface area (Å²) in [6.45, 7) is 0.442. The average Bonchev–Trinajstić information content (AvgIpc) is 2.58. The molecule has 0 radical (unpaired) electrons. The van der Waals surface area contributed by atoms with Crippen LogP contribution in [0.25, 0.3) is 0 Å². The second-order valence-electron chi connectivity index (χ2n) is 3.47. The number of alkyl halides is 3. The SMILES string of the molecule is CC(NCc1sccc1Br)(C(=O)O)C(F)(F)F. The lowest BCUT2D eigenvalue weighted by Crippen LogP contribution is -2.59. The highest BCUT2D eigenvalue weighted by molar-refractivity contribution is 9.10. The molecule has 1 rings (SSSR count). The number of carboxylic acids is 1. The van der Waals surface area contributed by atoms with E-state index in [1.807, 2.05) is 5.32 Å². The molecule has 0 saturated heterocycles. The molecule has 0 aliphatic carbocycles. The number of hydrogen-bond acceptors (Lipinski definition) is 3. The van der Waals surface area contributed by atoms with Gasteiger partial charge in [-0.05, 0) is 34.3 Å². The summed E-state index contributed by atoms with van der Waals surface area (Å²) in [6, 6.07) is 1.69. The maximum atomic E-state index is 12.6. The van der Waals surface area contributed by atoms with E-state index in [-0.39, 0.29) is 6.54 Å². The molecular weight excluding hydrogens is 323 g/mol. The van der Waals surface area contributed by atoms with E-state index in [0.717, 1.165) is 0 Å². The molecular formula is C9H9BrF3NO2S. The van der Waals surface area contributed by atoms with Gasteiger partial charge in [-0.2, -0.15) is 13.2 Å². The van der Waals surface area contributed by atoms with E-state index in [9.17, 15) is 18.0 Å². The molecule has 0 aliphatic rings. The quantitative estimate of drug-likeness (QED) is 0.891. The summed E-state index contributed by atoms with van der Waals surface area (Å²) in [6.07, 6.45) is -4.86. The summed E-state index contributed by atoms with van der Waals surface area (Å²) < 4.78 is 38.6. The van der Waals surface area contributed by atoms with Gasteiger partial charge < -0.3 is 5.11 Å². The van der Waals surface area contributed by atoms with E-state index in [1.165, 1.54) is 11.3 Å². The summed E-state index contributed by atoms with van der Waals surface area (Å²) in [5.41, 5.74) is -2.95. The monoisotopic (exact) mass is 331 g/mol. The Kier molecular flexibility index (Phi) is 4.21. The third-order valence-corrected chi connectivity index (χ3v) is 4.21.